The largest absolute Gasteiger partial charge is 0.340 e. The highest BCUT2D eigenvalue weighted by atomic mass is 16.2. The summed E-state index contributed by atoms with van der Waals surface area (Å²) in [6.45, 7) is 11.2. The lowest BCUT2D eigenvalue weighted by Crippen LogP contribution is -2.45. The molecule has 1 atom stereocenters. The Morgan fingerprint density at radius 3 is 2.36 bits per heavy atom. The number of anilines is 1. The van der Waals surface area contributed by atoms with Gasteiger partial charge >= 0.3 is 0 Å². The molecule has 1 aliphatic rings. The van der Waals surface area contributed by atoms with Crippen molar-refractivity contribution in [3.8, 4) is 0 Å². The first-order valence-corrected chi connectivity index (χ1v) is 9.50. The second-order valence-electron chi connectivity index (χ2n) is 7.31. The summed E-state index contributed by atoms with van der Waals surface area (Å²) in [7, 11) is 0. The molecule has 0 N–H and O–H groups in total. The molecule has 1 saturated heterocycles. The van der Waals surface area contributed by atoms with Crippen molar-refractivity contribution in [3.05, 3.63) is 28.8 Å². The molecule has 4 heteroatoms. The molecule has 1 aromatic rings. The first kappa shape index (κ1) is 19.5. The van der Waals surface area contributed by atoms with E-state index in [1.165, 1.54) is 12.0 Å². The molecule has 25 heavy (non-hydrogen) atoms. The van der Waals surface area contributed by atoms with Gasteiger partial charge < -0.3 is 9.80 Å². The minimum absolute atomic E-state index is 0.00598. The lowest BCUT2D eigenvalue weighted by atomic mass is 9.99. The van der Waals surface area contributed by atoms with Crippen LogP contribution in [0.1, 0.15) is 62.6 Å². The quantitative estimate of drug-likeness (QED) is 0.805. The summed E-state index contributed by atoms with van der Waals surface area (Å²) in [6, 6.07) is 4.56. The van der Waals surface area contributed by atoms with E-state index in [2.05, 4.69) is 26.0 Å². The smallest absolute Gasteiger partial charge is 0.224 e. The molecule has 0 aliphatic carbocycles. The number of aryl methyl sites for hydroxylation is 3. The summed E-state index contributed by atoms with van der Waals surface area (Å²) in [5.74, 6) is 0.175. The van der Waals surface area contributed by atoms with E-state index in [4.69, 9.17) is 0 Å². The molecule has 2 amide bonds. The number of hydrogen-bond acceptors (Lipinski definition) is 2. The molecule has 138 valence electrons. The number of hydrogen-bond donors (Lipinski definition) is 0. The maximum absolute atomic E-state index is 12.7. The zero-order valence-electron chi connectivity index (χ0n) is 16.4. The second kappa shape index (κ2) is 8.50. The third-order valence-electron chi connectivity index (χ3n) is 5.25. The Kier molecular flexibility index (Phi) is 6.63. The molecule has 0 aromatic heterocycles. The van der Waals surface area contributed by atoms with Gasteiger partial charge in [0.15, 0.2) is 0 Å². The number of carbonyl (C=O) groups is 2. The number of benzene rings is 1. The number of piperidine rings is 1. The highest BCUT2D eigenvalue weighted by Crippen LogP contribution is 2.27. The molecule has 1 fully saturated rings. The highest BCUT2D eigenvalue weighted by Gasteiger charge is 2.26. The van der Waals surface area contributed by atoms with Crippen LogP contribution in [0.25, 0.3) is 0 Å². The molecule has 1 aromatic carbocycles. The second-order valence-corrected chi connectivity index (χ2v) is 7.31. The lowest BCUT2D eigenvalue weighted by Gasteiger charge is -2.36. The van der Waals surface area contributed by atoms with E-state index in [1.54, 1.807) is 11.8 Å². The monoisotopic (exact) mass is 344 g/mol. The normalized spacial score (nSPS) is 17.5. The zero-order chi connectivity index (χ0) is 18.6. The van der Waals surface area contributed by atoms with Crippen molar-refractivity contribution < 1.29 is 9.59 Å². The third kappa shape index (κ3) is 4.62. The van der Waals surface area contributed by atoms with Gasteiger partial charge in [-0.15, -0.1) is 0 Å². The average molecular weight is 344 g/mol. The van der Waals surface area contributed by atoms with E-state index >= 15 is 0 Å². The van der Waals surface area contributed by atoms with E-state index < -0.39 is 0 Å². The van der Waals surface area contributed by atoms with Gasteiger partial charge in [0.1, 0.15) is 0 Å². The summed E-state index contributed by atoms with van der Waals surface area (Å²) >= 11 is 0. The molecule has 1 aliphatic heterocycles. The SMILES string of the molecule is CCC1CCCCN1C(=O)CCN(C(C)=O)c1c(C)cc(C)cc1C. The van der Waals surface area contributed by atoms with Crippen LogP contribution in [0, 0.1) is 20.8 Å². The maximum atomic E-state index is 12.7. The van der Waals surface area contributed by atoms with Crippen LogP contribution < -0.4 is 4.90 Å². The van der Waals surface area contributed by atoms with Crippen molar-refractivity contribution in [2.24, 2.45) is 0 Å². The molecule has 0 spiro atoms. The van der Waals surface area contributed by atoms with Gasteiger partial charge in [0.2, 0.25) is 11.8 Å². The molecule has 4 nitrogen and oxygen atoms in total. The molecule has 0 bridgehead atoms. The van der Waals surface area contributed by atoms with Gasteiger partial charge in [-0.1, -0.05) is 24.6 Å². The highest BCUT2D eigenvalue weighted by molar-refractivity contribution is 5.94. The van der Waals surface area contributed by atoms with E-state index in [0.717, 1.165) is 42.6 Å². The van der Waals surface area contributed by atoms with Gasteiger partial charge in [0, 0.05) is 38.2 Å². The van der Waals surface area contributed by atoms with Crippen molar-refractivity contribution in [1.29, 1.82) is 0 Å². The van der Waals surface area contributed by atoms with Gasteiger partial charge in [0.25, 0.3) is 0 Å². The lowest BCUT2D eigenvalue weighted by molar-refractivity contribution is -0.134. The van der Waals surface area contributed by atoms with Gasteiger partial charge in [0.05, 0.1) is 0 Å². The number of carbonyl (C=O) groups excluding carboxylic acids is 2. The first-order chi connectivity index (χ1) is 11.8. The molecule has 1 unspecified atom stereocenters. The maximum Gasteiger partial charge on any atom is 0.224 e. The van der Waals surface area contributed by atoms with Crippen LogP contribution in [0.15, 0.2) is 12.1 Å². The third-order valence-corrected chi connectivity index (χ3v) is 5.25. The Morgan fingerprint density at radius 2 is 1.80 bits per heavy atom. The molecule has 2 rings (SSSR count). The number of rotatable bonds is 5. The minimum Gasteiger partial charge on any atom is -0.340 e. The topological polar surface area (TPSA) is 40.6 Å². The molecule has 1 heterocycles. The van der Waals surface area contributed by atoms with Crippen molar-refractivity contribution >= 4 is 17.5 Å². The van der Waals surface area contributed by atoms with Crippen molar-refractivity contribution in [3.63, 3.8) is 0 Å². The molecular weight excluding hydrogens is 312 g/mol. The zero-order valence-corrected chi connectivity index (χ0v) is 16.4. The van der Waals surface area contributed by atoms with Crippen molar-refractivity contribution in [2.75, 3.05) is 18.0 Å². The predicted octanol–water partition coefficient (Wildman–Crippen LogP) is 4.15. The average Bonchev–Trinajstić information content (AvgIpc) is 2.56. The van der Waals surface area contributed by atoms with E-state index in [9.17, 15) is 9.59 Å². The standard InChI is InChI=1S/C21H32N2O2/c1-6-19-9-7-8-11-23(19)20(25)10-12-22(18(5)24)21-16(3)13-15(2)14-17(21)4/h13-14,19H,6-12H2,1-5H3. The summed E-state index contributed by atoms with van der Waals surface area (Å²) in [5, 5.41) is 0. The molecular formula is C21H32N2O2. The van der Waals surface area contributed by atoms with Crippen LogP contribution in [0.4, 0.5) is 5.69 Å². The molecule has 0 radical (unpaired) electrons. The van der Waals surface area contributed by atoms with E-state index in [-0.39, 0.29) is 11.8 Å². The van der Waals surface area contributed by atoms with Crippen LogP contribution in [-0.2, 0) is 9.59 Å². The Labute approximate surface area is 152 Å². The fourth-order valence-corrected chi connectivity index (χ4v) is 4.13. The van der Waals surface area contributed by atoms with Crippen LogP contribution in [0.2, 0.25) is 0 Å². The van der Waals surface area contributed by atoms with Crippen LogP contribution in [0.3, 0.4) is 0 Å². The van der Waals surface area contributed by atoms with Gasteiger partial charge in [-0.05, 0) is 57.6 Å². The van der Waals surface area contributed by atoms with Crippen LogP contribution in [0.5, 0.6) is 0 Å². The van der Waals surface area contributed by atoms with E-state index in [0.29, 0.717) is 19.0 Å². The van der Waals surface area contributed by atoms with Crippen molar-refractivity contribution in [1.82, 2.24) is 4.90 Å². The van der Waals surface area contributed by atoms with Gasteiger partial charge in [-0.3, -0.25) is 9.59 Å². The Hall–Kier alpha value is -1.84. The predicted molar refractivity (Wildman–Crippen MR) is 103 cm³/mol. The van der Waals surface area contributed by atoms with Gasteiger partial charge in [-0.2, -0.15) is 0 Å². The first-order valence-electron chi connectivity index (χ1n) is 9.50. The van der Waals surface area contributed by atoms with Crippen LogP contribution in [-0.4, -0.2) is 35.8 Å². The summed E-state index contributed by atoms with van der Waals surface area (Å²) in [5.41, 5.74) is 4.32. The molecule has 0 saturated carbocycles. The Bertz CT molecular complexity index is 616. The number of likely N-dealkylation sites (tertiary alicyclic amines) is 1. The van der Waals surface area contributed by atoms with Crippen LogP contribution >= 0.6 is 0 Å². The van der Waals surface area contributed by atoms with E-state index in [1.807, 2.05) is 18.7 Å². The summed E-state index contributed by atoms with van der Waals surface area (Å²) < 4.78 is 0. The fraction of sp³-hybridized carbons (Fsp3) is 0.619. The number of nitrogens with zero attached hydrogens (tertiary/aromatic N) is 2. The van der Waals surface area contributed by atoms with Gasteiger partial charge in [-0.25, -0.2) is 0 Å². The van der Waals surface area contributed by atoms with Crippen molar-refractivity contribution in [2.45, 2.75) is 72.8 Å². The number of amides is 2. The fourth-order valence-electron chi connectivity index (χ4n) is 4.13. The Morgan fingerprint density at radius 1 is 1.16 bits per heavy atom. The minimum atomic E-state index is -0.00598. The Balaban J connectivity index is 2.13. The summed E-state index contributed by atoms with van der Waals surface area (Å²) in [6.07, 6.45) is 4.81. The summed E-state index contributed by atoms with van der Waals surface area (Å²) in [4.78, 5) is 28.8.